The SMILES string of the molecule is CCCNC(=O)CCc1cn(-c2ccccc2)nc1-c1cc(OC)ccc1OC. The van der Waals surface area contributed by atoms with Crippen molar-refractivity contribution < 1.29 is 14.3 Å². The minimum atomic E-state index is 0.0443. The van der Waals surface area contributed by atoms with Crippen LogP contribution in [-0.4, -0.2) is 36.5 Å². The van der Waals surface area contributed by atoms with Crippen LogP contribution in [0.1, 0.15) is 25.3 Å². The van der Waals surface area contributed by atoms with E-state index < -0.39 is 0 Å². The van der Waals surface area contributed by atoms with E-state index >= 15 is 0 Å². The Labute approximate surface area is 171 Å². The topological polar surface area (TPSA) is 65.4 Å². The van der Waals surface area contributed by atoms with Crippen molar-refractivity contribution in [3.05, 3.63) is 60.3 Å². The van der Waals surface area contributed by atoms with Gasteiger partial charge in [-0.05, 0) is 48.7 Å². The van der Waals surface area contributed by atoms with Gasteiger partial charge in [-0.3, -0.25) is 4.79 Å². The van der Waals surface area contributed by atoms with Crippen LogP contribution in [0.4, 0.5) is 0 Å². The molecule has 0 radical (unpaired) electrons. The molecule has 152 valence electrons. The maximum atomic E-state index is 12.1. The van der Waals surface area contributed by atoms with Gasteiger partial charge in [0.25, 0.3) is 0 Å². The van der Waals surface area contributed by atoms with E-state index in [0.29, 0.717) is 25.1 Å². The molecule has 29 heavy (non-hydrogen) atoms. The molecule has 1 aromatic heterocycles. The Balaban J connectivity index is 2.00. The lowest BCUT2D eigenvalue weighted by atomic mass is 10.0. The van der Waals surface area contributed by atoms with Gasteiger partial charge < -0.3 is 14.8 Å². The zero-order chi connectivity index (χ0) is 20.6. The average molecular weight is 393 g/mol. The monoisotopic (exact) mass is 393 g/mol. The van der Waals surface area contributed by atoms with Gasteiger partial charge in [-0.25, -0.2) is 4.68 Å². The maximum absolute atomic E-state index is 12.1. The molecule has 0 unspecified atom stereocenters. The third-order valence-corrected chi connectivity index (χ3v) is 4.67. The number of ether oxygens (including phenoxy) is 2. The number of para-hydroxylation sites is 1. The summed E-state index contributed by atoms with van der Waals surface area (Å²) in [7, 11) is 3.27. The Morgan fingerprint density at radius 2 is 1.90 bits per heavy atom. The molecule has 2 aromatic carbocycles. The minimum absolute atomic E-state index is 0.0443. The zero-order valence-corrected chi connectivity index (χ0v) is 17.1. The van der Waals surface area contributed by atoms with Crippen LogP contribution in [0.3, 0.4) is 0 Å². The first kappa shape index (κ1) is 20.5. The summed E-state index contributed by atoms with van der Waals surface area (Å²) in [6.45, 7) is 2.73. The molecule has 0 fully saturated rings. The molecule has 0 saturated carbocycles. The summed E-state index contributed by atoms with van der Waals surface area (Å²) in [6.07, 6.45) is 3.89. The summed E-state index contributed by atoms with van der Waals surface area (Å²) in [4.78, 5) is 12.1. The molecule has 0 aliphatic rings. The number of aromatic nitrogens is 2. The van der Waals surface area contributed by atoms with Crippen LogP contribution >= 0.6 is 0 Å². The normalized spacial score (nSPS) is 10.6. The Bertz CT molecular complexity index is 951. The first-order valence-corrected chi connectivity index (χ1v) is 9.79. The molecule has 0 spiro atoms. The first-order chi connectivity index (χ1) is 14.2. The van der Waals surface area contributed by atoms with Crippen LogP contribution in [0.25, 0.3) is 16.9 Å². The Morgan fingerprint density at radius 1 is 1.10 bits per heavy atom. The minimum Gasteiger partial charge on any atom is -0.497 e. The molecule has 6 heteroatoms. The summed E-state index contributed by atoms with van der Waals surface area (Å²) >= 11 is 0. The number of nitrogens with zero attached hydrogens (tertiary/aromatic N) is 2. The van der Waals surface area contributed by atoms with E-state index in [1.54, 1.807) is 14.2 Å². The molecular weight excluding hydrogens is 366 g/mol. The van der Waals surface area contributed by atoms with Gasteiger partial charge in [0.05, 0.1) is 25.6 Å². The second-order valence-electron chi connectivity index (χ2n) is 6.70. The fourth-order valence-corrected chi connectivity index (χ4v) is 3.13. The van der Waals surface area contributed by atoms with Crippen molar-refractivity contribution in [1.82, 2.24) is 15.1 Å². The van der Waals surface area contributed by atoms with Gasteiger partial charge in [0, 0.05) is 24.7 Å². The molecule has 1 N–H and O–H groups in total. The van der Waals surface area contributed by atoms with Crippen LogP contribution in [0, 0.1) is 0 Å². The lowest BCUT2D eigenvalue weighted by Gasteiger charge is -2.10. The standard InChI is InChI=1S/C23H27N3O3/c1-4-14-24-22(27)13-10-17-16-26(18-8-6-5-7-9-18)25-23(17)20-15-19(28-2)11-12-21(20)29-3/h5-9,11-12,15-16H,4,10,13-14H2,1-3H3,(H,24,27). The fraction of sp³-hybridized carbons (Fsp3) is 0.304. The van der Waals surface area contributed by atoms with Gasteiger partial charge in [-0.2, -0.15) is 5.10 Å². The Morgan fingerprint density at radius 3 is 2.59 bits per heavy atom. The van der Waals surface area contributed by atoms with Crippen molar-refractivity contribution in [2.24, 2.45) is 0 Å². The molecule has 3 rings (SSSR count). The van der Waals surface area contributed by atoms with Crippen molar-refractivity contribution >= 4 is 5.91 Å². The highest BCUT2D eigenvalue weighted by Crippen LogP contribution is 2.35. The van der Waals surface area contributed by atoms with Crippen LogP contribution in [0.15, 0.2) is 54.7 Å². The summed E-state index contributed by atoms with van der Waals surface area (Å²) in [5.41, 5.74) is 3.56. The molecule has 1 amide bonds. The third-order valence-electron chi connectivity index (χ3n) is 4.67. The van der Waals surface area contributed by atoms with Crippen LogP contribution in [-0.2, 0) is 11.2 Å². The fourth-order valence-electron chi connectivity index (χ4n) is 3.13. The Hall–Kier alpha value is -3.28. The average Bonchev–Trinajstić information content (AvgIpc) is 3.20. The van der Waals surface area contributed by atoms with Crippen molar-refractivity contribution in [2.45, 2.75) is 26.2 Å². The van der Waals surface area contributed by atoms with E-state index in [2.05, 4.69) is 5.32 Å². The number of hydrogen-bond acceptors (Lipinski definition) is 4. The van der Waals surface area contributed by atoms with Crippen molar-refractivity contribution in [2.75, 3.05) is 20.8 Å². The number of carbonyl (C=O) groups excluding carboxylic acids is 1. The number of benzene rings is 2. The van der Waals surface area contributed by atoms with E-state index in [4.69, 9.17) is 14.6 Å². The lowest BCUT2D eigenvalue weighted by Crippen LogP contribution is -2.24. The van der Waals surface area contributed by atoms with Gasteiger partial charge in [0.2, 0.25) is 5.91 Å². The largest absolute Gasteiger partial charge is 0.497 e. The van der Waals surface area contributed by atoms with Crippen molar-refractivity contribution in [3.8, 4) is 28.4 Å². The third kappa shape index (κ3) is 4.96. The highest BCUT2D eigenvalue weighted by molar-refractivity contribution is 5.77. The summed E-state index contributed by atoms with van der Waals surface area (Å²) in [6, 6.07) is 15.5. The molecule has 1 heterocycles. The summed E-state index contributed by atoms with van der Waals surface area (Å²) in [5.74, 6) is 1.48. The number of methoxy groups -OCH3 is 2. The molecular formula is C23H27N3O3. The number of amides is 1. The Kier molecular flexibility index (Phi) is 6.89. The van der Waals surface area contributed by atoms with E-state index in [1.165, 1.54) is 0 Å². The van der Waals surface area contributed by atoms with E-state index in [0.717, 1.165) is 34.7 Å². The first-order valence-electron chi connectivity index (χ1n) is 9.79. The smallest absolute Gasteiger partial charge is 0.220 e. The highest BCUT2D eigenvalue weighted by Gasteiger charge is 2.18. The van der Waals surface area contributed by atoms with Gasteiger partial charge in [-0.15, -0.1) is 0 Å². The molecule has 0 bridgehead atoms. The van der Waals surface area contributed by atoms with E-state index in [1.807, 2.05) is 66.3 Å². The quantitative estimate of drug-likeness (QED) is 0.596. The van der Waals surface area contributed by atoms with Crippen LogP contribution in [0.5, 0.6) is 11.5 Å². The number of rotatable bonds is 9. The number of nitrogens with one attached hydrogen (secondary N) is 1. The number of carbonyl (C=O) groups is 1. The molecule has 0 saturated heterocycles. The van der Waals surface area contributed by atoms with Crippen LogP contribution < -0.4 is 14.8 Å². The van der Waals surface area contributed by atoms with Gasteiger partial charge in [-0.1, -0.05) is 25.1 Å². The predicted octanol–water partition coefficient (Wildman–Crippen LogP) is 4.02. The van der Waals surface area contributed by atoms with Crippen molar-refractivity contribution in [3.63, 3.8) is 0 Å². The molecule has 0 atom stereocenters. The molecule has 0 aliphatic carbocycles. The highest BCUT2D eigenvalue weighted by atomic mass is 16.5. The number of hydrogen-bond donors (Lipinski definition) is 1. The predicted molar refractivity (Wildman–Crippen MR) is 114 cm³/mol. The van der Waals surface area contributed by atoms with E-state index in [-0.39, 0.29) is 5.91 Å². The molecule has 0 aliphatic heterocycles. The molecule has 3 aromatic rings. The second-order valence-corrected chi connectivity index (χ2v) is 6.70. The summed E-state index contributed by atoms with van der Waals surface area (Å²) < 4.78 is 12.8. The second kappa shape index (κ2) is 9.78. The van der Waals surface area contributed by atoms with Gasteiger partial charge >= 0.3 is 0 Å². The van der Waals surface area contributed by atoms with E-state index in [9.17, 15) is 4.79 Å². The molecule has 6 nitrogen and oxygen atoms in total. The maximum Gasteiger partial charge on any atom is 0.220 e. The van der Waals surface area contributed by atoms with Crippen molar-refractivity contribution in [1.29, 1.82) is 0 Å². The lowest BCUT2D eigenvalue weighted by molar-refractivity contribution is -0.121. The number of aryl methyl sites for hydroxylation is 1. The summed E-state index contributed by atoms with van der Waals surface area (Å²) in [5, 5.41) is 7.75. The van der Waals surface area contributed by atoms with Gasteiger partial charge in [0.1, 0.15) is 11.5 Å². The van der Waals surface area contributed by atoms with Gasteiger partial charge in [0.15, 0.2) is 0 Å². The van der Waals surface area contributed by atoms with Crippen LogP contribution in [0.2, 0.25) is 0 Å². The zero-order valence-electron chi connectivity index (χ0n) is 17.1.